The predicted octanol–water partition coefficient (Wildman–Crippen LogP) is 0.876. The third-order valence-corrected chi connectivity index (χ3v) is 4.28. The van der Waals surface area contributed by atoms with E-state index in [4.69, 9.17) is 14.6 Å². The Morgan fingerprint density at radius 2 is 2.24 bits per heavy atom. The van der Waals surface area contributed by atoms with Crippen molar-refractivity contribution in [2.24, 2.45) is 0 Å². The lowest BCUT2D eigenvalue weighted by atomic mass is 10.1. The number of nitrogens with zero attached hydrogens (tertiary/aromatic N) is 5. The van der Waals surface area contributed by atoms with Crippen LogP contribution in [0, 0.1) is 0 Å². The molecule has 150 valence electrons. The Kier molecular flexibility index (Phi) is 5.20. The molecule has 0 fully saturated rings. The average Bonchev–Trinajstić information content (AvgIpc) is 3.21. The molecule has 2 unspecified atom stereocenters. The van der Waals surface area contributed by atoms with E-state index in [9.17, 15) is 9.90 Å². The van der Waals surface area contributed by atoms with E-state index >= 15 is 0 Å². The maximum atomic E-state index is 10.7. The van der Waals surface area contributed by atoms with Crippen LogP contribution in [0.3, 0.4) is 0 Å². The van der Waals surface area contributed by atoms with Gasteiger partial charge < -0.3 is 25.0 Å². The SMILES string of the molecule is O=C(O)NC(CO)Cn1nnc(-c2cccc(C3COc4cccnc4O3)c2)n1. The number of pyridine rings is 1. The van der Waals surface area contributed by atoms with E-state index in [1.54, 1.807) is 18.3 Å². The summed E-state index contributed by atoms with van der Waals surface area (Å²) in [6.45, 7) is 0.0199. The molecule has 0 aliphatic carbocycles. The summed E-state index contributed by atoms with van der Waals surface area (Å²) in [5.74, 6) is 1.42. The van der Waals surface area contributed by atoms with Crippen molar-refractivity contribution in [1.82, 2.24) is 30.5 Å². The van der Waals surface area contributed by atoms with Crippen LogP contribution in [0.2, 0.25) is 0 Å². The number of aliphatic hydroxyl groups excluding tert-OH is 1. The monoisotopic (exact) mass is 398 g/mol. The first-order valence-corrected chi connectivity index (χ1v) is 8.85. The van der Waals surface area contributed by atoms with Crippen molar-refractivity contribution < 1.29 is 24.5 Å². The Hall–Kier alpha value is -3.73. The molecule has 11 heteroatoms. The van der Waals surface area contributed by atoms with Crippen molar-refractivity contribution >= 4 is 6.09 Å². The van der Waals surface area contributed by atoms with Crippen LogP contribution >= 0.6 is 0 Å². The smallest absolute Gasteiger partial charge is 0.405 e. The van der Waals surface area contributed by atoms with Gasteiger partial charge in [0.25, 0.3) is 5.88 Å². The van der Waals surface area contributed by atoms with Gasteiger partial charge in [-0.05, 0) is 29.0 Å². The Morgan fingerprint density at radius 1 is 1.34 bits per heavy atom. The van der Waals surface area contributed by atoms with Gasteiger partial charge >= 0.3 is 6.09 Å². The largest absolute Gasteiger partial charge is 0.484 e. The summed E-state index contributed by atoms with van der Waals surface area (Å²) in [7, 11) is 0. The van der Waals surface area contributed by atoms with Crippen molar-refractivity contribution in [3.63, 3.8) is 0 Å². The number of amides is 1. The Bertz CT molecular complexity index is 1010. The Balaban J connectivity index is 1.50. The van der Waals surface area contributed by atoms with Crippen LogP contribution in [-0.2, 0) is 6.54 Å². The van der Waals surface area contributed by atoms with E-state index in [1.165, 1.54) is 4.80 Å². The van der Waals surface area contributed by atoms with E-state index in [1.807, 2.05) is 24.3 Å². The predicted molar refractivity (Wildman–Crippen MR) is 98.4 cm³/mol. The summed E-state index contributed by atoms with van der Waals surface area (Å²) in [6, 6.07) is 10.3. The van der Waals surface area contributed by atoms with Crippen molar-refractivity contribution in [3.05, 3.63) is 48.2 Å². The number of benzene rings is 1. The number of carboxylic acid groups (broad SMARTS) is 1. The van der Waals surface area contributed by atoms with Gasteiger partial charge in [0.05, 0.1) is 19.2 Å². The average molecular weight is 398 g/mol. The number of carbonyl (C=O) groups is 1. The lowest BCUT2D eigenvalue weighted by Crippen LogP contribution is -2.40. The topological polar surface area (TPSA) is 145 Å². The molecule has 1 amide bonds. The molecule has 2 atom stereocenters. The molecule has 1 aromatic carbocycles. The van der Waals surface area contributed by atoms with Crippen molar-refractivity contribution in [2.45, 2.75) is 18.7 Å². The number of hydrogen-bond donors (Lipinski definition) is 3. The van der Waals surface area contributed by atoms with E-state index in [2.05, 4.69) is 25.7 Å². The van der Waals surface area contributed by atoms with Gasteiger partial charge in [-0.25, -0.2) is 9.78 Å². The quantitative estimate of drug-likeness (QED) is 0.551. The lowest BCUT2D eigenvalue weighted by molar-refractivity contribution is 0.0851. The molecule has 2 aromatic heterocycles. The Morgan fingerprint density at radius 3 is 3.07 bits per heavy atom. The van der Waals surface area contributed by atoms with Crippen LogP contribution in [0.25, 0.3) is 11.4 Å². The highest BCUT2D eigenvalue weighted by atomic mass is 16.6. The number of tetrazole rings is 1. The first kappa shape index (κ1) is 18.6. The number of nitrogens with one attached hydrogen (secondary N) is 1. The minimum atomic E-state index is -1.23. The van der Waals surface area contributed by atoms with Crippen molar-refractivity contribution in [1.29, 1.82) is 0 Å². The van der Waals surface area contributed by atoms with Crippen LogP contribution in [-0.4, -0.2) is 60.8 Å². The standard InChI is InChI=1S/C18H18N6O5/c25-9-13(20-18(26)27)8-24-22-16(21-23-24)12-4-1-3-11(7-12)15-10-28-14-5-2-6-19-17(14)29-15/h1-7,13,15,20,25H,8-10H2,(H,26,27). The molecule has 1 aliphatic rings. The first-order valence-electron chi connectivity index (χ1n) is 8.85. The summed E-state index contributed by atoms with van der Waals surface area (Å²) in [6.07, 6.45) is 0.0796. The van der Waals surface area contributed by atoms with Gasteiger partial charge in [-0.15, -0.1) is 10.2 Å². The molecule has 11 nitrogen and oxygen atoms in total. The van der Waals surface area contributed by atoms with E-state index in [-0.39, 0.29) is 19.3 Å². The molecule has 0 radical (unpaired) electrons. The summed E-state index contributed by atoms with van der Waals surface area (Å²) in [5.41, 5.74) is 1.59. The minimum absolute atomic E-state index is 0.0531. The molecule has 0 saturated carbocycles. The molecule has 29 heavy (non-hydrogen) atoms. The molecule has 3 heterocycles. The fourth-order valence-electron chi connectivity index (χ4n) is 2.91. The minimum Gasteiger partial charge on any atom is -0.484 e. The van der Waals surface area contributed by atoms with Crippen LogP contribution < -0.4 is 14.8 Å². The zero-order chi connectivity index (χ0) is 20.2. The highest BCUT2D eigenvalue weighted by Gasteiger charge is 2.24. The van der Waals surface area contributed by atoms with Crippen LogP contribution in [0.4, 0.5) is 4.79 Å². The normalized spacial score (nSPS) is 16.2. The molecule has 0 saturated heterocycles. The Labute approximate surface area is 164 Å². The fraction of sp³-hybridized carbons (Fsp3) is 0.278. The summed E-state index contributed by atoms with van der Waals surface area (Å²) in [5, 5.41) is 32.4. The van der Waals surface area contributed by atoms with Crippen molar-refractivity contribution in [2.75, 3.05) is 13.2 Å². The lowest BCUT2D eigenvalue weighted by Gasteiger charge is -2.25. The van der Waals surface area contributed by atoms with Crippen LogP contribution in [0.5, 0.6) is 11.6 Å². The maximum absolute atomic E-state index is 10.7. The third-order valence-electron chi connectivity index (χ3n) is 4.28. The molecule has 4 rings (SSSR count). The number of aromatic nitrogens is 5. The van der Waals surface area contributed by atoms with Gasteiger partial charge in [0.1, 0.15) is 6.61 Å². The zero-order valence-electron chi connectivity index (χ0n) is 15.2. The third kappa shape index (κ3) is 4.24. The molecule has 0 spiro atoms. The fourth-order valence-corrected chi connectivity index (χ4v) is 2.91. The number of hydrogen-bond acceptors (Lipinski definition) is 8. The summed E-state index contributed by atoms with van der Waals surface area (Å²) >= 11 is 0. The molecule has 1 aliphatic heterocycles. The van der Waals surface area contributed by atoms with Gasteiger partial charge in [-0.2, -0.15) is 4.80 Å². The molecule has 3 aromatic rings. The first-order chi connectivity index (χ1) is 14.1. The zero-order valence-corrected chi connectivity index (χ0v) is 15.2. The number of ether oxygens (including phenoxy) is 2. The van der Waals surface area contributed by atoms with Crippen molar-refractivity contribution in [3.8, 4) is 23.0 Å². The second-order valence-electron chi connectivity index (χ2n) is 6.35. The van der Waals surface area contributed by atoms with Gasteiger partial charge in [0.2, 0.25) is 5.82 Å². The number of aliphatic hydroxyl groups is 1. The van der Waals surface area contributed by atoms with Gasteiger partial charge in [0, 0.05) is 11.8 Å². The van der Waals surface area contributed by atoms with Gasteiger partial charge in [0.15, 0.2) is 11.9 Å². The van der Waals surface area contributed by atoms with E-state index < -0.39 is 12.1 Å². The molecular formula is C18H18N6O5. The van der Waals surface area contributed by atoms with E-state index in [0.717, 1.165) is 11.1 Å². The second-order valence-corrected chi connectivity index (χ2v) is 6.35. The van der Waals surface area contributed by atoms with E-state index in [0.29, 0.717) is 24.1 Å². The molecule has 0 bridgehead atoms. The number of rotatable bonds is 6. The van der Waals surface area contributed by atoms with Crippen LogP contribution in [0.15, 0.2) is 42.6 Å². The maximum Gasteiger partial charge on any atom is 0.405 e. The second kappa shape index (κ2) is 8.10. The van der Waals surface area contributed by atoms with Gasteiger partial charge in [-0.3, -0.25) is 0 Å². The highest BCUT2D eigenvalue weighted by molar-refractivity contribution is 5.64. The summed E-state index contributed by atoms with van der Waals surface area (Å²) < 4.78 is 11.6. The van der Waals surface area contributed by atoms with Crippen LogP contribution in [0.1, 0.15) is 11.7 Å². The molecule has 3 N–H and O–H groups in total. The van der Waals surface area contributed by atoms with Gasteiger partial charge in [-0.1, -0.05) is 18.2 Å². The summed E-state index contributed by atoms with van der Waals surface area (Å²) in [4.78, 5) is 16.2. The number of fused-ring (bicyclic) bond motifs is 1. The molecular weight excluding hydrogens is 380 g/mol. The highest BCUT2D eigenvalue weighted by Crippen LogP contribution is 2.34.